The first-order valence-electron chi connectivity index (χ1n) is 5.36. The predicted octanol–water partition coefficient (Wildman–Crippen LogP) is 3.26. The highest BCUT2D eigenvalue weighted by atomic mass is 16.5. The summed E-state index contributed by atoms with van der Waals surface area (Å²) < 4.78 is 4.80. The summed E-state index contributed by atoms with van der Waals surface area (Å²) in [5.74, 6) is 0.355. The highest BCUT2D eigenvalue weighted by Gasteiger charge is 2.24. The van der Waals surface area contributed by atoms with Crippen LogP contribution in [0.15, 0.2) is 0 Å². The van der Waals surface area contributed by atoms with E-state index in [1.165, 1.54) is 7.11 Å². The van der Waals surface area contributed by atoms with Crippen molar-refractivity contribution in [1.82, 2.24) is 0 Å². The van der Waals surface area contributed by atoms with E-state index in [0.29, 0.717) is 11.3 Å². The molecule has 0 aliphatic heterocycles. The molecule has 0 radical (unpaired) electrons. The Bertz CT molecular complexity index is 177. The highest BCUT2D eigenvalue weighted by Crippen LogP contribution is 2.27. The maximum atomic E-state index is 11.4. The van der Waals surface area contributed by atoms with Gasteiger partial charge < -0.3 is 4.74 Å². The Hall–Kier alpha value is -0.530. The molecule has 0 aliphatic carbocycles. The number of rotatable bonds is 4. The van der Waals surface area contributed by atoms with Gasteiger partial charge in [0.25, 0.3) is 0 Å². The summed E-state index contributed by atoms with van der Waals surface area (Å²) in [5.41, 5.74) is 0.293. The molecule has 0 fully saturated rings. The van der Waals surface area contributed by atoms with E-state index in [4.69, 9.17) is 4.74 Å². The Morgan fingerprint density at radius 2 is 1.79 bits per heavy atom. The van der Waals surface area contributed by atoms with Gasteiger partial charge in [-0.05, 0) is 24.2 Å². The lowest BCUT2D eigenvalue weighted by atomic mass is 9.83. The monoisotopic (exact) mass is 200 g/mol. The average molecular weight is 200 g/mol. The Kier molecular flexibility index (Phi) is 5.17. The van der Waals surface area contributed by atoms with Crippen LogP contribution in [-0.4, -0.2) is 13.1 Å². The first-order chi connectivity index (χ1) is 6.28. The van der Waals surface area contributed by atoms with Crippen molar-refractivity contribution >= 4 is 5.97 Å². The molecule has 2 heteroatoms. The molecule has 0 aliphatic rings. The molecule has 0 spiro atoms. The fourth-order valence-corrected chi connectivity index (χ4v) is 1.46. The van der Waals surface area contributed by atoms with Crippen LogP contribution in [0.4, 0.5) is 0 Å². The van der Waals surface area contributed by atoms with E-state index in [2.05, 4.69) is 34.6 Å². The second kappa shape index (κ2) is 5.38. The summed E-state index contributed by atoms with van der Waals surface area (Å²) in [7, 11) is 1.47. The Morgan fingerprint density at radius 1 is 1.29 bits per heavy atom. The van der Waals surface area contributed by atoms with E-state index in [-0.39, 0.29) is 11.9 Å². The lowest BCUT2D eigenvalue weighted by molar-refractivity contribution is -0.147. The number of ether oxygens (including phenoxy) is 1. The van der Waals surface area contributed by atoms with Gasteiger partial charge >= 0.3 is 5.97 Å². The second-order valence-corrected chi connectivity index (χ2v) is 5.47. The standard InChI is InChI=1S/C12H24O2/c1-9(2)10(11(13)14-6)7-8-12(3,4)5/h9-10H,7-8H2,1-6H3. The van der Waals surface area contributed by atoms with E-state index in [9.17, 15) is 4.79 Å². The normalized spacial score (nSPS) is 14.2. The van der Waals surface area contributed by atoms with Gasteiger partial charge in [0.1, 0.15) is 0 Å². The zero-order valence-electron chi connectivity index (χ0n) is 10.4. The minimum atomic E-state index is -0.0655. The maximum Gasteiger partial charge on any atom is 0.308 e. The second-order valence-electron chi connectivity index (χ2n) is 5.47. The van der Waals surface area contributed by atoms with Gasteiger partial charge in [0, 0.05) is 0 Å². The van der Waals surface area contributed by atoms with Gasteiger partial charge in [-0.15, -0.1) is 0 Å². The minimum Gasteiger partial charge on any atom is -0.469 e. The third-order valence-electron chi connectivity index (χ3n) is 2.51. The summed E-state index contributed by atoms with van der Waals surface area (Å²) in [5, 5.41) is 0. The van der Waals surface area contributed by atoms with E-state index in [0.717, 1.165) is 12.8 Å². The Labute approximate surface area is 88.0 Å². The van der Waals surface area contributed by atoms with Gasteiger partial charge in [-0.1, -0.05) is 34.6 Å². The smallest absolute Gasteiger partial charge is 0.308 e. The Morgan fingerprint density at radius 3 is 2.07 bits per heavy atom. The third kappa shape index (κ3) is 5.25. The quantitative estimate of drug-likeness (QED) is 0.651. The topological polar surface area (TPSA) is 26.3 Å². The predicted molar refractivity (Wildman–Crippen MR) is 59.0 cm³/mol. The summed E-state index contributed by atoms with van der Waals surface area (Å²) in [6.07, 6.45) is 1.98. The highest BCUT2D eigenvalue weighted by molar-refractivity contribution is 5.72. The van der Waals surface area contributed by atoms with Crippen LogP contribution in [0.5, 0.6) is 0 Å². The van der Waals surface area contributed by atoms with Crippen LogP contribution in [0.25, 0.3) is 0 Å². The third-order valence-corrected chi connectivity index (χ3v) is 2.51. The van der Waals surface area contributed by atoms with Crippen molar-refractivity contribution in [3.8, 4) is 0 Å². The van der Waals surface area contributed by atoms with Gasteiger partial charge in [-0.25, -0.2) is 0 Å². The number of esters is 1. The van der Waals surface area contributed by atoms with Gasteiger partial charge in [-0.2, -0.15) is 0 Å². The molecular weight excluding hydrogens is 176 g/mol. The van der Waals surface area contributed by atoms with Crippen molar-refractivity contribution < 1.29 is 9.53 Å². The number of hydrogen-bond donors (Lipinski definition) is 0. The summed E-state index contributed by atoms with van der Waals surface area (Å²) >= 11 is 0. The summed E-state index contributed by atoms with van der Waals surface area (Å²) in [6, 6.07) is 0. The van der Waals surface area contributed by atoms with Gasteiger partial charge in [0.2, 0.25) is 0 Å². The molecule has 0 rings (SSSR count). The molecule has 2 nitrogen and oxygen atoms in total. The summed E-state index contributed by atoms with van der Waals surface area (Å²) in [4.78, 5) is 11.4. The first-order valence-corrected chi connectivity index (χ1v) is 5.36. The van der Waals surface area contributed by atoms with E-state index >= 15 is 0 Å². The van der Waals surface area contributed by atoms with Crippen LogP contribution in [-0.2, 0) is 9.53 Å². The number of carbonyl (C=O) groups excluding carboxylic acids is 1. The molecule has 1 atom stereocenters. The molecule has 0 bridgehead atoms. The van der Waals surface area contributed by atoms with Crippen LogP contribution in [0.3, 0.4) is 0 Å². The van der Waals surface area contributed by atoms with Crippen molar-refractivity contribution in [2.75, 3.05) is 7.11 Å². The average Bonchev–Trinajstić information content (AvgIpc) is 2.01. The van der Waals surface area contributed by atoms with Crippen molar-refractivity contribution in [3.63, 3.8) is 0 Å². The number of hydrogen-bond acceptors (Lipinski definition) is 2. The SMILES string of the molecule is COC(=O)C(CCC(C)(C)C)C(C)C. The maximum absolute atomic E-state index is 11.4. The molecular formula is C12H24O2. The summed E-state index contributed by atoms with van der Waals surface area (Å²) in [6.45, 7) is 10.7. The van der Waals surface area contributed by atoms with E-state index in [1.54, 1.807) is 0 Å². The Balaban J connectivity index is 4.18. The fourth-order valence-electron chi connectivity index (χ4n) is 1.46. The van der Waals surface area contributed by atoms with Crippen LogP contribution in [0.2, 0.25) is 0 Å². The molecule has 0 saturated heterocycles. The van der Waals surface area contributed by atoms with Crippen molar-refractivity contribution in [2.45, 2.75) is 47.5 Å². The minimum absolute atomic E-state index is 0.0548. The molecule has 1 unspecified atom stereocenters. The fraction of sp³-hybridized carbons (Fsp3) is 0.917. The molecule has 0 aromatic rings. The van der Waals surface area contributed by atoms with Gasteiger partial charge in [0.15, 0.2) is 0 Å². The van der Waals surface area contributed by atoms with E-state index < -0.39 is 0 Å². The van der Waals surface area contributed by atoms with Gasteiger partial charge in [0.05, 0.1) is 13.0 Å². The van der Waals surface area contributed by atoms with Gasteiger partial charge in [-0.3, -0.25) is 4.79 Å². The molecule has 84 valence electrons. The van der Waals surface area contributed by atoms with E-state index in [1.807, 2.05) is 0 Å². The lowest BCUT2D eigenvalue weighted by Crippen LogP contribution is -2.23. The lowest BCUT2D eigenvalue weighted by Gasteiger charge is -2.23. The van der Waals surface area contributed by atoms with Crippen molar-refractivity contribution in [3.05, 3.63) is 0 Å². The molecule has 0 amide bonds. The van der Waals surface area contributed by atoms with Crippen molar-refractivity contribution in [2.24, 2.45) is 17.3 Å². The number of carbonyl (C=O) groups is 1. The molecule has 0 saturated carbocycles. The number of methoxy groups -OCH3 is 1. The largest absolute Gasteiger partial charge is 0.469 e. The van der Waals surface area contributed by atoms with Crippen LogP contribution >= 0.6 is 0 Å². The zero-order valence-corrected chi connectivity index (χ0v) is 10.4. The van der Waals surface area contributed by atoms with Crippen LogP contribution in [0.1, 0.15) is 47.5 Å². The molecule has 0 heterocycles. The molecule has 0 aromatic carbocycles. The van der Waals surface area contributed by atoms with Crippen LogP contribution < -0.4 is 0 Å². The van der Waals surface area contributed by atoms with Crippen LogP contribution in [0, 0.1) is 17.3 Å². The first kappa shape index (κ1) is 13.5. The zero-order chi connectivity index (χ0) is 11.4. The van der Waals surface area contributed by atoms with Crippen molar-refractivity contribution in [1.29, 1.82) is 0 Å². The molecule has 0 N–H and O–H groups in total. The molecule has 14 heavy (non-hydrogen) atoms. The molecule has 0 aromatic heterocycles.